The lowest BCUT2D eigenvalue weighted by Crippen LogP contribution is -2.42. The fourth-order valence-corrected chi connectivity index (χ4v) is 3.72. The van der Waals surface area contributed by atoms with E-state index >= 15 is 0 Å². The average Bonchev–Trinajstić information content (AvgIpc) is 2.82. The van der Waals surface area contributed by atoms with E-state index in [4.69, 9.17) is 4.42 Å². The third kappa shape index (κ3) is 2.60. The summed E-state index contributed by atoms with van der Waals surface area (Å²) in [4.78, 5) is 0. The van der Waals surface area contributed by atoms with Crippen LogP contribution in [0, 0.1) is 0 Å². The molecule has 21 heavy (non-hydrogen) atoms. The van der Waals surface area contributed by atoms with Crippen molar-refractivity contribution in [2.75, 3.05) is 0 Å². The van der Waals surface area contributed by atoms with E-state index in [1.807, 2.05) is 12.1 Å². The molecule has 3 rings (SSSR count). The summed E-state index contributed by atoms with van der Waals surface area (Å²) in [5.41, 5.74) is 3.14. The monoisotopic (exact) mass is 307 g/mol. The molecule has 1 aliphatic rings. The molecule has 0 bridgehead atoms. The molecule has 2 aromatic rings. The molecule has 5 heteroatoms. The van der Waals surface area contributed by atoms with E-state index in [9.17, 15) is 8.42 Å². The van der Waals surface area contributed by atoms with Crippen LogP contribution in [0.1, 0.15) is 50.8 Å². The van der Waals surface area contributed by atoms with Crippen LogP contribution in [-0.4, -0.2) is 13.2 Å². The van der Waals surface area contributed by atoms with Crippen LogP contribution in [-0.2, 0) is 16.4 Å². The van der Waals surface area contributed by atoms with E-state index in [1.54, 1.807) is 27.0 Å². The van der Waals surface area contributed by atoms with Gasteiger partial charge in [0, 0.05) is 11.4 Å². The number of rotatable bonds is 2. The molecule has 4 nitrogen and oxygen atoms in total. The summed E-state index contributed by atoms with van der Waals surface area (Å²) in [7, 11) is -3.35. The van der Waals surface area contributed by atoms with Crippen LogP contribution in [0.3, 0.4) is 0 Å². The molecular weight excluding hydrogens is 286 g/mol. The molecule has 0 unspecified atom stereocenters. The molecule has 1 aromatic carbocycles. The van der Waals surface area contributed by atoms with Gasteiger partial charge < -0.3 is 4.42 Å². The molecule has 0 aliphatic heterocycles. The Morgan fingerprint density at radius 1 is 1.29 bits per heavy atom. The minimum atomic E-state index is -3.35. The Morgan fingerprint density at radius 2 is 2.05 bits per heavy atom. The van der Waals surface area contributed by atoms with Gasteiger partial charge in [-0.25, -0.2) is 13.1 Å². The van der Waals surface area contributed by atoms with Gasteiger partial charge in [0.15, 0.2) is 0 Å². The number of sulfonamides is 1. The van der Waals surface area contributed by atoms with E-state index in [2.05, 4.69) is 10.8 Å². The van der Waals surface area contributed by atoms with Crippen molar-refractivity contribution >= 4 is 21.0 Å². The number of hydrogen-bond donors (Lipinski definition) is 1. The van der Waals surface area contributed by atoms with Crippen molar-refractivity contribution in [1.29, 1.82) is 0 Å². The lowest BCUT2D eigenvalue weighted by Gasteiger charge is -2.29. The predicted octanol–water partition coefficient (Wildman–Crippen LogP) is 3.53. The van der Waals surface area contributed by atoms with Gasteiger partial charge in [-0.1, -0.05) is 0 Å². The van der Waals surface area contributed by atoms with Crippen molar-refractivity contribution < 1.29 is 12.8 Å². The zero-order chi connectivity index (χ0) is 15.3. The van der Waals surface area contributed by atoms with E-state index < -0.39 is 14.8 Å². The van der Waals surface area contributed by atoms with Gasteiger partial charge in [-0.2, -0.15) is 0 Å². The van der Waals surface area contributed by atoms with Crippen molar-refractivity contribution in [3.63, 3.8) is 0 Å². The van der Waals surface area contributed by atoms with Crippen LogP contribution in [0.25, 0.3) is 11.0 Å². The lowest BCUT2D eigenvalue weighted by molar-refractivity contribution is 0.490. The maximum atomic E-state index is 12.4. The van der Waals surface area contributed by atoms with Gasteiger partial charge in [0.2, 0.25) is 10.0 Å². The molecular formula is C16H21NO3S. The Morgan fingerprint density at radius 3 is 2.76 bits per heavy atom. The highest BCUT2D eigenvalue weighted by Gasteiger charge is 2.33. The zero-order valence-corrected chi connectivity index (χ0v) is 13.5. The smallest absolute Gasteiger partial charge is 0.217 e. The van der Waals surface area contributed by atoms with Gasteiger partial charge >= 0.3 is 0 Å². The normalized spacial score (nSPS) is 19.7. The first-order valence-electron chi connectivity index (χ1n) is 7.30. The number of furan rings is 1. The summed E-state index contributed by atoms with van der Waals surface area (Å²) in [6.45, 7) is 5.16. The van der Waals surface area contributed by atoms with Gasteiger partial charge in [-0.05, 0) is 69.4 Å². The third-order valence-corrected chi connectivity index (χ3v) is 6.34. The Kier molecular flexibility index (Phi) is 3.37. The molecule has 1 aromatic heterocycles. The number of aryl methyl sites for hydroxylation is 1. The highest BCUT2D eigenvalue weighted by Crippen LogP contribution is 2.34. The molecule has 114 valence electrons. The highest BCUT2D eigenvalue weighted by atomic mass is 32.2. The van der Waals surface area contributed by atoms with E-state index in [0.29, 0.717) is 0 Å². The van der Waals surface area contributed by atoms with Crippen molar-refractivity contribution in [2.45, 2.75) is 50.8 Å². The number of hydrogen-bond acceptors (Lipinski definition) is 3. The molecule has 0 spiro atoms. The topological polar surface area (TPSA) is 59.3 Å². The van der Waals surface area contributed by atoms with Crippen LogP contribution >= 0.6 is 0 Å². The number of benzene rings is 1. The molecule has 0 fully saturated rings. The van der Waals surface area contributed by atoms with Gasteiger partial charge in [0.05, 0.1) is 11.0 Å². The Labute approximate surface area is 125 Å². The van der Waals surface area contributed by atoms with Gasteiger partial charge in [0.25, 0.3) is 0 Å². The van der Waals surface area contributed by atoms with Crippen LogP contribution in [0.2, 0.25) is 0 Å². The van der Waals surface area contributed by atoms with Crippen LogP contribution in [0.5, 0.6) is 0 Å². The first-order valence-corrected chi connectivity index (χ1v) is 8.78. The Bertz CT molecular complexity index is 768. The SMILES string of the molecule is CC(C)(C)S(=O)(=O)N[C@@H]1CCCc2cc3occc3cc21. The summed E-state index contributed by atoms with van der Waals surface area (Å²) < 4.78 is 32.4. The van der Waals surface area contributed by atoms with E-state index in [-0.39, 0.29) is 6.04 Å². The average molecular weight is 307 g/mol. The maximum Gasteiger partial charge on any atom is 0.217 e. The van der Waals surface area contributed by atoms with Crippen molar-refractivity contribution in [3.05, 3.63) is 35.6 Å². The fraction of sp³-hybridized carbons (Fsp3) is 0.500. The molecule has 0 saturated heterocycles. The maximum absolute atomic E-state index is 12.4. The van der Waals surface area contributed by atoms with Crippen LogP contribution in [0.4, 0.5) is 0 Å². The summed E-state index contributed by atoms with van der Waals surface area (Å²) in [6.07, 6.45) is 4.46. The fourth-order valence-electron chi connectivity index (χ4n) is 2.75. The molecule has 0 amide bonds. The molecule has 0 radical (unpaired) electrons. The lowest BCUT2D eigenvalue weighted by atomic mass is 9.87. The number of nitrogens with one attached hydrogen (secondary N) is 1. The summed E-state index contributed by atoms with van der Waals surface area (Å²) in [5, 5.41) is 1.02. The van der Waals surface area contributed by atoms with E-state index in [0.717, 1.165) is 35.8 Å². The van der Waals surface area contributed by atoms with Gasteiger partial charge in [0.1, 0.15) is 5.58 Å². The summed E-state index contributed by atoms with van der Waals surface area (Å²) in [6, 6.07) is 5.88. The molecule has 1 aliphatic carbocycles. The first-order chi connectivity index (χ1) is 9.78. The van der Waals surface area contributed by atoms with Crippen molar-refractivity contribution in [1.82, 2.24) is 4.72 Å². The van der Waals surface area contributed by atoms with Crippen molar-refractivity contribution in [3.8, 4) is 0 Å². The molecule has 1 atom stereocenters. The Hall–Kier alpha value is -1.33. The molecule has 1 N–H and O–H groups in total. The zero-order valence-electron chi connectivity index (χ0n) is 12.6. The van der Waals surface area contributed by atoms with Crippen molar-refractivity contribution in [2.24, 2.45) is 0 Å². The minimum Gasteiger partial charge on any atom is -0.464 e. The molecule has 0 saturated carbocycles. The van der Waals surface area contributed by atoms with E-state index in [1.165, 1.54) is 5.56 Å². The van der Waals surface area contributed by atoms with Crippen LogP contribution < -0.4 is 4.72 Å². The number of fused-ring (bicyclic) bond motifs is 2. The highest BCUT2D eigenvalue weighted by molar-refractivity contribution is 7.90. The second-order valence-electron chi connectivity index (χ2n) is 6.69. The second-order valence-corrected chi connectivity index (χ2v) is 9.16. The summed E-state index contributed by atoms with van der Waals surface area (Å²) >= 11 is 0. The van der Waals surface area contributed by atoms with Crippen LogP contribution in [0.15, 0.2) is 28.9 Å². The Balaban J connectivity index is 2.00. The summed E-state index contributed by atoms with van der Waals surface area (Å²) in [5.74, 6) is 0. The van der Waals surface area contributed by atoms with Gasteiger partial charge in [-0.15, -0.1) is 0 Å². The first kappa shape index (κ1) is 14.6. The largest absolute Gasteiger partial charge is 0.464 e. The van der Waals surface area contributed by atoms with Gasteiger partial charge in [-0.3, -0.25) is 0 Å². The molecule has 1 heterocycles. The standard InChI is InChI=1S/C16H21NO3S/c1-16(2,3)21(18,19)17-14-6-4-5-11-10-15-12(7-8-20-15)9-13(11)14/h7-10,14,17H,4-6H2,1-3H3/t14-/m1/s1. The predicted molar refractivity (Wildman–Crippen MR) is 83.7 cm³/mol. The minimum absolute atomic E-state index is 0.141. The second kappa shape index (κ2) is 4.85. The quantitative estimate of drug-likeness (QED) is 0.923. The third-order valence-electron chi connectivity index (χ3n) is 4.13.